The minimum Gasteiger partial charge on any atom is -0.465 e. The van der Waals surface area contributed by atoms with Crippen LogP contribution in [0, 0.1) is 0 Å². The molecule has 14 nitrogen and oxygen atoms in total. The van der Waals surface area contributed by atoms with Crippen LogP contribution in [0.15, 0.2) is 27.4 Å². The van der Waals surface area contributed by atoms with Crippen LogP contribution in [0.4, 0.5) is 0 Å². The number of rotatable bonds is 15. The Bertz CT molecular complexity index is 1050. The fourth-order valence-electron chi connectivity index (χ4n) is 4.89. The van der Waals surface area contributed by atoms with E-state index in [0.29, 0.717) is 83.9 Å². The molecule has 264 valence electrons. The lowest BCUT2D eigenvalue weighted by atomic mass is 10.2. The highest BCUT2D eigenvalue weighted by atomic mass is 31.2. The molecule has 3 rings (SSSR count). The molecular formula is C31H58N7O7P. The van der Waals surface area contributed by atoms with Gasteiger partial charge in [-0.15, -0.1) is 0 Å². The summed E-state index contributed by atoms with van der Waals surface area (Å²) in [6.07, 6.45) is 8.70. The Balaban J connectivity index is 0.00000163. The quantitative estimate of drug-likeness (QED) is 0.146. The molecule has 3 heterocycles. The summed E-state index contributed by atoms with van der Waals surface area (Å²) in [5.41, 5.74) is 5.78. The summed E-state index contributed by atoms with van der Waals surface area (Å²) in [5.74, 6) is -0.341. The molecule has 3 aliphatic rings. The van der Waals surface area contributed by atoms with E-state index in [0.717, 1.165) is 19.3 Å². The lowest BCUT2D eigenvalue weighted by Crippen LogP contribution is -2.45. The van der Waals surface area contributed by atoms with E-state index in [1.807, 2.05) is 34.6 Å². The number of aliphatic hydroxyl groups excluding tert-OH is 1. The summed E-state index contributed by atoms with van der Waals surface area (Å²) in [4.78, 5) is 40.1. The van der Waals surface area contributed by atoms with Crippen LogP contribution in [0.2, 0.25) is 0 Å². The molecule has 0 aromatic heterocycles. The maximum atomic E-state index is 15.0. The van der Waals surface area contributed by atoms with Crippen molar-refractivity contribution in [2.75, 3.05) is 59.0 Å². The minimum absolute atomic E-state index is 0.0758. The second-order valence-corrected chi connectivity index (χ2v) is 13.2. The topological polar surface area (TPSA) is 172 Å². The second kappa shape index (κ2) is 23.6. The summed E-state index contributed by atoms with van der Waals surface area (Å²) in [6, 6.07) is -1.30. The van der Waals surface area contributed by atoms with Crippen LogP contribution in [0.5, 0.6) is 0 Å². The van der Waals surface area contributed by atoms with Crippen molar-refractivity contribution < 1.29 is 33.5 Å². The van der Waals surface area contributed by atoms with Gasteiger partial charge in [-0.05, 0) is 44.9 Å². The van der Waals surface area contributed by atoms with Crippen molar-refractivity contribution >= 4 is 37.9 Å². The van der Waals surface area contributed by atoms with Gasteiger partial charge in [0.1, 0.15) is 24.3 Å². The van der Waals surface area contributed by atoms with Gasteiger partial charge in [0, 0.05) is 32.5 Å². The minimum atomic E-state index is -3.52. The number of aliphatic imine (C=N–C) groups is 3. The smallest absolute Gasteiger partial charge is 0.323 e. The summed E-state index contributed by atoms with van der Waals surface area (Å²) in [7, 11) is -3.52. The van der Waals surface area contributed by atoms with E-state index < -0.39 is 19.5 Å². The molecule has 0 bridgehead atoms. The van der Waals surface area contributed by atoms with Crippen molar-refractivity contribution in [2.45, 2.75) is 98.1 Å². The molecule has 1 unspecified atom stereocenters. The summed E-state index contributed by atoms with van der Waals surface area (Å²) in [6.45, 7) is 16.5. The van der Waals surface area contributed by atoms with Gasteiger partial charge in [0.05, 0.1) is 32.7 Å². The normalized spacial score (nSPS) is 23.3. The lowest BCUT2D eigenvalue weighted by molar-refractivity contribution is -0.147. The van der Waals surface area contributed by atoms with Gasteiger partial charge in [0.15, 0.2) is 0 Å². The highest BCUT2D eigenvalue weighted by molar-refractivity contribution is 7.59. The van der Waals surface area contributed by atoms with Crippen LogP contribution in [-0.2, 0) is 28.4 Å². The van der Waals surface area contributed by atoms with Gasteiger partial charge < -0.3 is 30.0 Å². The number of hydrogen-bond donors (Lipinski definition) is 2. The highest BCUT2D eigenvalue weighted by Gasteiger charge is 2.51. The Morgan fingerprint density at radius 3 is 2.13 bits per heavy atom. The number of nitrogens with zero attached hydrogens (tertiary/aromatic N) is 6. The molecule has 15 heteroatoms. The zero-order chi connectivity index (χ0) is 34.4. The highest BCUT2D eigenvalue weighted by Crippen LogP contribution is 2.59. The van der Waals surface area contributed by atoms with Crippen molar-refractivity contribution in [3.8, 4) is 0 Å². The van der Waals surface area contributed by atoms with Crippen molar-refractivity contribution in [3.05, 3.63) is 12.4 Å². The van der Waals surface area contributed by atoms with Crippen molar-refractivity contribution in [3.63, 3.8) is 0 Å². The molecule has 3 N–H and O–H groups in total. The number of unbranched alkanes of at least 4 members (excludes halogenated alkanes) is 1. The monoisotopic (exact) mass is 671 g/mol. The van der Waals surface area contributed by atoms with Crippen LogP contribution in [-0.4, -0.2) is 121 Å². The molecule has 3 atom stereocenters. The van der Waals surface area contributed by atoms with Gasteiger partial charge in [-0.2, -0.15) is 4.99 Å². The fourth-order valence-corrected chi connectivity index (χ4v) is 8.05. The number of hydrogen-bond acceptors (Lipinski definition) is 12. The number of carbonyl (C=O) groups excluding carboxylic acids is 2. The first-order valence-corrected chi connectivity index (χ1v) is 18.5. The van der Waals surface area contributed by atoms with Crippen LogP contribution >= 0.6 is 7.44 Å². The molecule has 0 aromatic carbocycles. The summed E-state index contributed by atoms with van der Waals surface area (Å²) >= 11 is 0. The van der Waals surface area contributed by atoms with Gasteiger partial charge in [-0.1, -0.05) is 47.6 Å². The number of nitrogens with two attached hydrogens (primary N) is 1. The number of carbonyl (C=O) groups is 2. The van der Waals surface area contributed by atoms with Gasteiger partial charge >= 0.3 is 11.9 Å². The number of guanidine groups is 1. The Kier molecular flexibility index (Phi) is 21.3. The van der Waals surface area contributed by atoms with E-state index in [2.05, 4.69) is 21.6 Å². The lowest BCUT2D eigenvalue weighted by Gasteiger charge is -2.39. The predicted molar refractivity (Wildman–Crippen MR) is 183 cm³/mol. The molecule has 0 radical (unpaired) electrons. The van der Waals surface area contributed by atoms with Gasteiger partial charge in [0.25, 0.3) is 0 Å². The molecule has 0 saturated carbocycles. The van der Waals surface area contributed by atoms with Crippen LogP contribution in [0.3, 0.4) is 0 Å². The van der Waals surface area contributed by atoms with Crippen LogP contribution < -0.4 is 5.73 Å². The van der Waals surface area contributed by atoms with Crippen molar-refractivity contribution in [1.82, 2.24) is 14.2 Å². The molecule has 0 amide bonds. The molecule has 0 aromatic rings. The summed E-state index contributed by atoms with van der Waals surface area (Å²) in [5, 5.41) is 7.88. The first-order chi connectivity index (χ1) is 22.2. The van der Waals surface area contributed by atoms with Crippen LogP contribution in [0.1, 0.15) is 86.0 Å². The van der Waals surface area contributed by atoms with E-state index in [9.17, 15) is 14.2 Å². The number of esters is 2. The molecule has 0 spiro atoms. The van der Waals surface area contributed by atoms with E-state index >= 15 is 0 Å². The third-order valence-electron chi connectivity index (χ3n) is 7.15. The van der Waals surface area contributed by atoms with Crippen LogP contribution in [0.25, 0.3) is 0 Å². The number of aliphatic hydroxyl groups is 1. The molecule has 2 saturated heterocycles. The molecule has 46 heavy (non-hydrogen) atoms. The Morgan fingerprint density at radius 1 is 1.00 bits per heavy atom. The SMILES string of the molecule is C=C1/N=C(N)\N=C/CN=CN1CCOCP(=O)(N1CCC[C@H]1C(=O)OCCC)N1CCC[C@H]1C(=O)OCCCC.CC.CCCO. The molecule has 3 aliphatic heterocycles. The molecule has 2 fully saturated rings. The average Bonchev–Trinajstić information content (AvgIpc) is 3.77. The van der Waals surface area contributed by atoms with Gasteiger partial charge in [-0.25, -0.2) is 14.3 Å². The van der Waals surface area contributed by atoms with Gasteiger partial charge in [0.2, 0.25) is 13.4 Å². The predicted octanol–water partition coefficient (Wildman–Crippen LogP) is 3.99. The third kappa shape index (κ3) is 13.2. The molecular weight excluding hydrogens is 613 g/mol. The first-order valence-electron chi connectivity index (χ1n) is 16.7. The number of ether oxygens (including phenoxy) is 3. The standard InChI is InChI=1S/C26H44N7O6P.C3H8O.C2H6/c1-4-6-17-39-25(35)23-10-8-14-33(23)40(36,32-13-7-9-22(32)24(34)38-16-5-2)20-37-18-15-31-19-28-11-12-29-26(27)30-21(31)3;1-2-3-4;1-2/h12,19,22-23H,3-11,13-18,20H2,1-2H3,(H2,27,30);4H,2-3H2,1H3;1-2H3/b28-19?,29-12-;;/t22-,23-,40?;;/m0../s1. The van der Waals surface area contributed by atoms with E-state index in [-0.39, 0.29) is 30.9 Å². The maximum Gasteiger partial charge on any atom is 0.323 e. The zero-order valence-corrected chi connectivity index (χ0v) is 29.5. The van der Waals surface area contributed by atoms with Crippen molar-refractivity contribution in [2.24, 2.45) is 20.7 Å². The Labute approximate surface area is 275 Å². The maximum absolute atomic E-state index is 15.0. The van der Waals surface area contributed by atoms with Crippen molar-refractivity contribution in [1.29, 1.82) is 0 Å². The largest absolute Gasteiger partial charge is 0.465 e. The van der Waals surface area contributed by atoms with E-state index in [1.54, 1.807) is 26.8 Å². The summed E-state index contributed by atoms with van der Waals surface area (Å²) < 4.78 is 35.4. The average molecular weight is 672 g/mol. The fraction of sp³-hybridized carbons (Fsp3) is 0.774. The molecule has 0 aliphatic carbocycles. The second-order valence-electron chi connectivity index (χ2n) is 10.6. The zero-order valence-electron chi connectivity index (χ0n) is 28.6. The van der Waals surface area contributed by atoms with Gasteiger partial charge in [-0.3, -0.25) is 19.1 Å². The van der Waals surface area contributed by atoms with E-state index in [4.69, 9.17) is 25.1 Å². The Morgan fingerprint density at radius 2 is 1.59 bits per heavy atom. The first kappa shape index (κ1) is 41.4. The van der Waals surface area contributed by atoms with E-state index in [1.165, 1.54) is 0 Å². The Hall–Kier alpha value is -2.64. The third-order valence-corrected chi connectivity index (χ3v) is 10.2.